The van der Waals surface area contributed by atoms with E-state index in [1.807, 2.05) is 65.0 Å². The molecule has 538 valence electrons. The van der Waals surface area contributed by atoms with Crippen LogP contribution in [0.4, 0.5) is 8.78 Å². The number of ether oxygens (including phenoxy) is 1. The Morgan fingerprint density at radius 2 is 0.905 bits per heavy atom. The van der Waals surface area contributed by atoms with E-state index in [4.69, 9.17) is 20.0 Å². The molecule has 8 nitrogen and oxygen atoms in total. The van der Waals surface area contributed by atoms with Crippen LogP contribution in [0.1, 0.15) is 284 Å². The van der Waals surface area contributed by atoms with Crippen molar-refractivity contribution in [2.75, 3.05) is 13.8 Å². The first-order valence-electron chi connectivity index (χ1n) is 35.3. The number of aromatic nitrogens is 3. The Hall–Kier alpha value is -6.23. The molecule has 7 aromatic rings. The molecule has 7 rings (SSSR count). The van der Waals surface area contributed by atoms with Gasteiger partial charge in [-0.2, -0.15) is 0 Å². The van der Waals surface area contributed by atoms with Crippen LogP contribution in [-0.4, -0.2) is 51.9 Å². The van der Waals surface area contributed by atoms with Crippen molar-refractivity contribution in [3.05, 3.63) is 208 Å². The summed E-state index contributed by atoms with van der Waals surface area (Å²) in [7, 11) is 1.69. The second kappa shape index (κ2) is 59.1. The SMILES string of the molecule is CC(=O)CCCCC(C)C.CC(C)C(C)F.CC(C)C(C)N.CC(C)CF.CC(C)Cn1cc(CO)nn1.CC(C)c1ccccc1.CC(C)c1ccccc1.CC(C)c1ccoc1.COc1cccc(C(C)C)c1.Cc1ccc(C(C)C)cc1.Cc1ccc(C(C)C)cc1. The fraction of sp³-hybridized carbons (Fsp3) is 0.565. The summed E-state index contributed by atoms with van der Waals surface area (Å²) in [6, 6.07) is 49.0. The van der Waals surface area contributed by atoms with Crippen LogP contribution in [0.5, 0.6) is 5.75 Å². The Balaban J connectivity index is -0.000000483. The summed E-state index contributed by atoms with van der Waals surface area (Å²) in [5.41, 5.74) is 17.0. The predicted molar refractivity (Wildman–Crippen MR) is 411 cm³/mol. The van der Waals surface area contributed by atoms with Crippen LogP contribution in [0.25, 0.3) is 0 Å². The van der Waals surface area contributed by atoms with Gasteiger partial charge < -0.3 is 24.8 Å². The summed E-state index contributed by atoms with van der Waals surface area (Å²) in [5, 5.41) is 16.3. The lowest BCUT2D eigenvalue weighted by molar-refractivity contribution is -0.117. The monoisotopic (exact) mass is 1320 g/mol. The topological polar surface area (TPSA) is 116 Å². The van der Waals surface area contributed by atoms with Crippen LogP contribution in [0, 0.1) is 43.4 Å². The lowest BCUT2D eigenvalue weighted by atomic mass is 10.0. The van der Waals surface area contributed by atoms with Crippen LogP contribution < -0.4 is 10.5 Å². The summed E-state index contributed by atoms with van der Waals surface area (Å²) < 4.78 is 34.7. The number of furan rings is 1. The zero-order valence-corrected chi connectivity index (χ0v) is 65.3. The average molecular weight is 1320 g/mol. The fourth-order valence-corrected chi connectivity index (χ4v) is 6.98. The number of aliphatic hydroxyl groups is 1. The Morgan fingerprint density at radius 1 is 0.526 bits per heavy atom. The van der Waals surface area contributed by atoms with Gasteiger partial charge in [0.15, 0.2) is 0 Å². The maximum absolute atomic E-state index is 11.8. The highest BCUT2D eigenvalue weighted by Gasteiger charge is 2.04. The third-order valence-electron chi connectivity index (χ3n) is 14.5. The van der Waals surface area contributed by atoms with Crippen LogP contribution >= 0.6 is 0 Å². The Labute approximate surface area is 582 Å². The van der Waals surface area contributed by atoms with Gasteiger partial charge in [0, 0.05) is 19.0 Å². The van der Waals surface area contributed by atoms with Crippen molar-refractivity contribution in [2.45, 2.75) is 273 Å². The van der Waals surface area contributed by atoms with Crippen molar-refractivity contribution in [3.63, 3.8) is 0 Å². The molecule has 5 aromatic carbocycles. The highest BCUT2D eigenvalue weighted by Crippen LogP contribution is 2.20. The van der Waals surface area contributed by atoms with E-state index >= 15 is 0 Å². The summed E-state index contributed by atoms with van der Waals surface area (Å²) in [4.78, 5) is 10.5. The van der Waals surface area contributed by atoms with E-state index in [2.05, 4.69) is 258 Å². The molecule has 0 radical (unpaired) electrons. The van der Waals surface area contributed by atoms with E-state index in [-0.39, 0.29) is 25.1 Å². The molecule has 0 spiro atoms. The molecule has 2 unspecified atom stereocenters. The van der Waals surface area contributed by atoms with Crippen molar-refractivity contribution in [2.24, 2.45) is 35.3 Å². The Bertz CT molecular complexity index is 2630. The molecule has 0 amide bonds. The molecular formula is C85H140F2N4O4. The van der Waals surface area contributed by atoms with Crippen LogP contribution in [0.2, 0.25) is 0 Å². The number of ketones is 1. The molecule has 0 saturated heterocycles. The van der Waals surface area contributed by atoms with Gasteiger partial charge in [-0.25, -0.2) is 4.39 Å². The lowest BCUT2D eigenvalue weighted by Crippen LogP contribution is -2.21. The first-order valence-corrected chi connectivity index (χ1v) is 35.3. The fourth-order valence-electron chi connectivity index (χ4n) is 6.98. The van der Waals surface area contributed by atoms with Crippen LogP contribution in [0.15, 0.2) is 163 Å². The van der Waals surface area contributed by atoms with Crippen molar-refractivity contribution in [1.82, 2.24) is 15.0 Å². The van der Waals surface area contributed by atoms with Gasteiger partial charge >= 0.3 is 0 Å². The van der Waals surface area contributed by atoms with E-state index in [0.29, 0.717) is 64.9 Å². The number of nitrogens with two attached hydrogens (primary N) is 1. The standard InChI is InChI=1S/C10H14O.2C10H14.C9H18O.2C9H12.C7H13N3O.C7H10O.C5H11F.C5H13N.C4H9F/c1-8(2)9-5-4-6-10(7-9)11-3;2*1-8(2)10-6-4-9(3)5-7-10;1-8(2)6-4-5-7-9(3)10;2*1-8(2)9-6-4-3-5-7-9;1-6(2)3-10-4-7(5-11)8-9-10;1-6(2)7-3-4-8-5-7;2*1-4(2)5(3)6;1-4(2)3-5/h4-8H,1-3H3;2*4-8H,1-3H3;8H,4-7H2,1-3H3;2*3-8H,1-2H3;4,6,11H,3,5H2,1-2H3;3-6H,1-2H3;4-5H,1-3H3;4-5H,6H2,1-3H3;4H,3H2,1-2H3. The third-order valence-corrected chi connectivity index (χ3v) is 14.5. The second-order valence-electron chi connectivity index (χ2n) is 28.3. The molecule has 3 N–H and O–H groups in total. The normalized spacial score (nSPS) is 11.0. The van der Waals surface area contributed by atoms with E-state index < -0.39 is 6.17 Å². The molecule has 0 aliphatic carbocycles. The van der Waals surface area contributed by atoms with Gasteiger partial charge in [-0.05, 0) is 158 Å². The minimum atomic E-state index is -0.648. The van der Waals surface area contributed by atoms with Gasteiger partial charge in [0.1, 0.15) is 17.2 Å². The summed E-state index contributed by atoms with van der Waals surface area (Å²) in [6.07, 6.45) is 8.91. The minimum Gasteiger partial charge on any atom is -0.497 e. The van der Waals surface area contributed by atoms with Crippen molar-refractivity contribution < 1.29 is 27.8 Å². The van der Waals surface area contributed by atoms with Crippen molar-refractivity contribution in [1.29, 1.82) is 0 Å². The van der Waals surface area contributed by atoms with Crippen molar-refractivity contribution in [3.8, 4) is 5.75 Å². The Morgan fingerprint density at radius 3 is 1.16 bits per heavy atom. The van der Waals surface area contributed by atoms with Gasteiger partial charge in [-0.15, -0.1) is 5.10 Å². The number of carbonyl (C=O) groups is 1. The zero-order chi connectivity index (χ0) is 73.6. The average Bonchev–Trinajstić information content (AvgIpc) is 1.58. The molecule has 0 fully saturated rings. The number of hydrogen-bond donors (Lipinski definition) is 2. The van der Waals surface area contributed by atoms with Crippen LogP contribution in [0.3, 0.4) is 0 Å². The lowest BCUT2D eigenvalue weighted by Gasteiger charge is -2.06. The number of methoxy groups -OCH3 is 1. The number of halogens is 2. The van der Waals surface area contributed by atoms with E-state index in [1.165, 1.54) is 57.3 Å². The van der Waals surface area contributed by atoms with E-state index in [1.54, 1.807) is 44.4 Å². The van der Waals surface area contributed by atoms with E-state index in [0.717, 1.165) is 31.1 Å². The number of aliphatic hydroxyl groups excluding tert-OH is 1. The maximum Gasteiger partial charge on any atom is 0.129 e. The smallest absolute Gasteiger partial charge is 0.129 e. The largest absolute Gasteiger partial charge is 0.497 e. The summed E-state index contributed by atoms with van der Waals surface area (Å²) in [6.45, 7) is 56.7. The molecule has 0 saturated carbocycles. The molecule has 2 aromatic heterocycles. The van der Waals surface area contributed by atoms with Gasteiger partial charge in [0.2, 0.25) is 0 Å². The molecule has 2 heterocycles. The first kappa shape index (κ1) is 95.2. The molecule has 0 aliphatic heterocycles. The number of nitrogens with zero attached hydrogens (tertiary/aromatic N) is 3. The number of aryl methyl sites for hydroxylation is 2. The molecule has 0 aliphatic rings. The zero-order valence-electron chi connectivity index (χ0n) is 65.3. The van der Waals surface area contributed by atoms with Crippen LogP contribution in [-0.2, 0) is 17.9 Å². The molecular weight excluding hydrogens is 1180 g/mol. The van der Waals surface area contributed by atoms with E-state index in [9.17, 15) is 13.6 Å². The molecule has 2 atom stereocenters. The first-order chi connectivity index (χ1) is 44.4. The third kappa shape index (κ3) is 58.8. The highest BCUT2D eigenvalue weighted by atomic mass is 19.1. The van der Waals surface area contributed by atoms with Gasteiger partial charge in [0.05, 0.1) is 45.3 Å². The predicted octanol–water partition coefficient (Wildman–Crippen LogP) is 24.9. The minimum absolute atomic E-state index is 0.0297. The number of benzene rings is 5. The van der Waals surface area contributed by atoms with Crippen molar-refractivity contribution >= 4 is 5.78 Å². The van der Waals surface area contributed by atoms with Gasteiger partial charge in [0.25, 0.3) is 0 Å². The van der Waals surface area contributed by atoms with Gasteiger partial charge in [-0.1, -0.05) is 303 Å². The maximum atomic E-state index is 11.8. The summed E-state index contributed by atoms with van der Waals surface area (Å²) >= 11 is 0. The second-order valence-corrected chi connectivity index (χ2v) is 28.3. The molecule has 95 heavy (non-hydrogen) atoms. The molecule has 10 heteroatoms. The number of unbranched alkanes of at least 4 members (excludes halogenated alkanes) is 1. The number of rotatable bonds is 18. The van der Waals surface area contributed by atoms with Gasteiger partial charge in [-0.3, -0.25) is 9.07 Å². The number of alkyl halides is 2. The number of hydrogen-bond acceptors (Lipinski definition) is 7. The number of Topliss-reactive ketones (excluding diaryl/α,β-unsaturated/α-hetero) is 1. The number of carbonyl (C=O) groups excluding carboxylic acids is 1. The highest BCUT2D eigenvalue weighted by molar-refractivity contribution is 5.75. The summed E-state index contributed by atoms with van der Waals surface area (Å²) in [5.74, 6) is 7.43. The molecule has 0 bridgehead atoms. The Kier molecular flexibility index (Phi) is 59.2. The quantitative estimate of drug-likeness (QED) is 0.0822.